The molecule has 1 aromatic rings. The average molecular weight is 353 g/mol. The lowest BCUT2D eigenvalue weighted by Gasteiger charge is -2.23. The van der Waals surface area contributed by atoms with Crippen LogP contribution in [0.1, 0.15) is 44.0 Å². The van der Waals surface area contributed by atoms with Gasteiger partial charge in [-0.1, -0.05) is 18.5 Å². The normalized spacial score (nSPS) is 25.6. The van der Waals surface area contributed by atoms with Gasteiger partial charge in [0.1, 0.15) is 4.34 Å². The Balaban J connectivity index is 2.13. The van der Waals surface area contributed by atoms with E-state index in [0.717, 1.165) is 34.6 Å². The van der Waals surface area contributed by atoms with E-state index in [1.54, 1.807) is 11.3 Å². The fourth-order valence-electron chi connectivity index (χ4n) is 2.31. The first-order valence-corrected chi connectivity index (χ1v) is 8.44. The van der Waals surface area contributed by atoms with Gasteiger partial charge in [-0.3, -0.25) is 0 Å². The zero-order valence-electron chi connectivity index (χ0n) is 10.7. The van der Waals surface area contributed by atoms with Gasteiger partial charge in [0.05, 0.1) is 18.2 Å². The fourth-order valence-corrected chi connectivity index (χ4v) is 4.18. The van der Waals surface area contributed by atoms with Crippen LogP contribution in [0.5, 0.6) is 0 Å². The summed E-state index contributed by atoms with van der Waals surface area (Å²) in [4.78, 5) is 1.26. The SMILES string of the molecule is CCCNC(c1cc(Br)c(Cl)s1)C1CCC(C)O1. The predicted octanol–water partition coefficient (Wildman–Crippen LogP) is 4.77. The Bertz CT molecular complexity index is 379. The van der Waals surface area contributed by atoms with Crippen LogP contribution < -0.4 is 5.32 Å². The van der Waals surface area contributed by atoms with Gasteiger partial charge in [-0.25, -0.2) is 0 Å². The highest BCUT2D eigenvalue weighted by molar-refractivity contribution is 9.10. The van der Waals surface area contributed by atoms with Gasteiger partial charge >= 0.3 is 0 Å². The summed E-state index contributed by atoms with van der Waals surface area (Å²) < 4.78 is 7.81. The van der Waals surface area contributed by atoms with Crippen molar-refractivity contribution in [3.8, 4) is 0 Å². The maximum absolute atomic E-state index is 6.15. The highest BCUT2D eigenvalue weighted by Gasteiger charge is 2.31. The van der Waals surface area contributed by atoms with E-state index in [4.69, 9.17) is 16.3 Å². The van der Waals surface area contributed by atoms with E-state index in [0.29, 0.717) is 6.10 Å². The van der Waals surface area contributed by atoms with Crippen LogP contribution in [0.25, 0.3) is 0 Å². The van der Waals surface area contributed by atoms with E-state index in [2.05, 4.69) is 41.2 Å². The smallest absolute Gasteiger partial charge is 0.107 e. The second-order valence-corrected chi connectivity index (χ2v) is 7.30. The Kier molecular flexibility index (Phi) is 5.51. The highest BCUT2D eigenvalue weighted by Crippen LogP contribution is 2.39. The Hall–Kier alpha value is 0.390. The van der Waals surface area contributed by atoms with E-state index in [-0.39, 0.29) is 12.1 Å². The summed E-state index contributed by atoms with van der Waals surface area (Å²) in [5.41, 5.74) is 0. The third-order valence-corrected chi connectivity index (χ3v) is 5.78. The molecule has 3 atom stereocenters. The van der Waals surface area contributed by atoms with Crippen molar-refractivity contribution in [2.24, 2.45) is 0 Å². The second-order valence-electron chi connectivity index (χ2n) is 4.76. The van der Waals surface area contributed by atoms with Crippen LogP contribution in [0.3, 0.4) is 0 Å². The van der Waals surface area contributed by atoms with Crippen molar-refractivity contribution in [1.82, 2.24) is 5.32 Å². The molecule has 0 aliphatic carbocycles. The van der Waals surface area contributed by atoms with Crippen LogP contribution >= 0.6 is 38.9 Å². The molecule has 0 bridgehead atoms. The molecule has 1 saturated heterocycles. The van der Waals surface area contributed by atoms with Crippen molar-refractivity contribution < 1.29 is 4.74 Å². The number of hydrogen-bond acceptors (Lipinski definition) is 3. The molecule has 2 nitrogen and oxygen atoms in total. The quantitative estimate of drug-likeness (QED) is 0.824. The van der Waals surface area contributed by atoms with Crippen LogP contribution in [0.4, 0.5) is 0 Å². The summed E-state index contributed by atoms with van der Waals surface area (Å²) in [6.07, 6.45) is 4.04. The molecule has 1 fully saturated rings. The van der Waals surface area contributed by atoms with Gasteiger partial charge < -0.3 is 10.1 Å². The minimum Gasteiger partial charge on any atom is -0.373 e. The molecule has 1 aromatic heterocycles. The van der Waals surface area contributed by atoms with Crippen LogP contribution in [0, 0.1) is 0 Å². The second kappa shape index (κ2) is 6.71. The molecule has 1 aliphatic rings. The topological polar surface area (TPSA) is 21.3 Å². The van der Waals surface area contributed by atoms with Crippen molar-refractivity contribution in [1.29, 1.82) is 0 Å². The van der Waals surface area contributed by atoms with Crippen molar-refractivity contribution in [2.45, 2.75) is 51.4 Å². The molecule has 1 aliphatic heterocycles. The van der Waals surface area contributed by atoms with Gasteiger partial charge in [0.2, 0.25) is 0 Å². The standard InChI is InChI=1S/C13H19BrClNOS/c1-3-6-16-12(10-5-4-8(2)17-10)11-7-9(14)13(15)18-11/h7-8,10,12,16H,3-6H2,1-2H3. The molecular formula is C13H19BrClNOS. The molecule has 0 aromatic carbocycles. The highest BCUT2D eigenvalue weighted by atomic mass is 79.9. The first-order chi connectivity index (χ1) is 8.61. The number of rotatable bonds is 5. The van der Waals surface area contributed by atoms with Gasteiger partial charge in [-0.2, -0.15) is 0 Å². The van der Waals surface area contributed by atoms with E-state index in [1.807, 2.05) is 0 Å². The maximum Gasteiger partial charge on any atom is 0.107 e. The largest absolute Gasteiger partial charge is 0.373 e. The van der Waals surface area contributed by atoms with Crippen molar-refractivity contribution in [3.63, 3.8) is 0 Å². The minimum absolute atomic E-state index is 0.267. The molecule has 0 spiro atoms. The molecule has 2 rings (SSSR count). The third-order valence-electron chi connectivity index (χ3n) is 3.22. The summed E-state index contributed by atoms with van der Waals surface area (Å²) in [5.74, 6) is 0. The predicted molar refractivity (Wildman–Crippen MR) is 81.6 cm³/mol. The first-order valence-electron chi connectivity index (χ1n) is 6.45. The van der Waals surface area contributed by atoms with Crippen LogP contribution in [0.2, 0.25) is 4.34 Å². The average Bonchev–Trinajstić information content (AvgIpc) is 2.88. The van der Waals surface area contributed by atoms with Crippen molar-refractivity contribution in [2.75, 3.05) is 6.54 Å². The van der Waals surface area contributed by atoms with Crippen molar-refractivity contribution in [3.05, 3.63) is 19.8 Å². The summed E-state index contributed by atoms with van der Waals surface area (Å²) in [7, 11) is 0. The lowest BCUT2D eigenvalue weighted by Crippen LogP contribution is -2.32. The van der Waals surface area contributed by atoms with Gasteiger partial charge in [-0.05, 0) is 54.7 Å². The van der Waals surface area contributed by atoms with Gasteiger partial charge in [0, 0.05) is 9.35 Å². The molecule has 5 heteroatoms. The summed E-state index contributed by atoms with van der Waals surface area (Å²) in [5, 5.41) is 3.59. The lowest BCUT2D eigenvalue weighted by molar-refractivity contribution is 0.0324. The van der Waals surface area contributed by atoms with Crippen LogP contribution in [-0.2, 0) is 4.74 Å². The molecule has 0 radical (unpaired) electrons. The van der Waals surface area contributed by atoms with Gasteiger partial charge in [-0.15, -0.1) is 11.3 Å². The number of nitrogens with one attached hydrogen (secondary N) is 1. The molecule has 102 valence electrons. The number of thiophene rings is 1. The Morgan fingerprint density at radius 1 is 1.61 bits per heavy atom. The zero-order chi connectivity index (χ0) is 13.1. The number of halogens is 2. The summed E-state index contributed by atoms with van der Waals surface area (Å²) in [6, 6.07) is 2.39. The Morgan fingerprint density at radius 2 is 2.39 bits per heavy atom. The number of hydrogen-bond donors (Lipinski definition) is 1. The van der Waals surface area contributed by atoms with Gasteiger partial charge in [0.25, 0.3) is 0 Å². The van der Waals surface area contributed by atoms with E-state index in [1.165, 1.54) is 4.88 Å². The molecule has 3 unspecified atom stereocenters. The molecule has 2 heterocycles. The molecule has 0 saturated carbocycles. The first kappa shape index (κ1) is 14.8. The molecular weight excluding hydrogens is 334 g/mol. The lowest BCUT2D eigenvalue weighted by atomic mass is 10.1. The molecule has 18 heavy (non-hydrogen) atoms. The molecule has 1 N–H and O–H groups in total. The van der Waals surface area contributed by atoms with E-state index >= 15 is 0 Å². The van der Waals surface area contributed by atoms with E-state index in [9.17, 15) is 0 Å². The summed E-state index contributed by atoms with van der Waals surface area (Å²) in [6.45, 7) is 5.33. The van der Waals surface area contributed by atoms with E-state index < -0.39 is 0 Å². The Labute approximate surface area is 126 Å². The van der Waals surface area contributed by atoms with Crippen LogP contribution in [0.15, 0.2) is 10.5 Å². The van der Waals surface area contributed by atoms with Crippen molar-refractivity contribution >= 4 is 38.9 Å². The van der Waals surface area contributed by atoms with Gasteiger partial charge in [0.15, 0.2) is 0 Å². The third kappa shape index (κ3) is 3.48. The van der Waals surface area contributed by atoms with Crippen LogP contribution in [-0.4, -0.2) is 18.8 Å². The maximum atomic E-state index is 6.15. The Morgan fingerprint density at radius 3 is 2.89 bits per heavy atom. The molecule has 0 amide bonds. The summed E-state index contributed by atoms with van der Waals surface area (Å²) >= 11 is 11.3. The minimum atomic E-state index is 0.267. The monoisotopic (exact) mass is 351 g/mol. The zero-order valence-corrected chi connectivity index (χ0v) is 13.9. The number of ether oxygens (including phenoxy) is 1. The fraction of sp³-hybridized carbons (Fsp3) is 0.692.